The summed E-state index contributed by atoms with van der Waals surface area (Å²) < 4.78 is 14.7. The number of aliphatic hydroxyl groups is 1. The second-order valence-corrected chi connectivity index (χ2v) is 7.41. The van der Waals surface area contributed by atoms with E-state index in [0.717, 1.165) is 12.7 Å². The summed E-state index contributed by atoms with van der Waals surface area (Å²) >= 11 is 0. The van der Waals surface area contributed by atoms with Gasteiger partial charge < -0.3 is 30.0 Å². The van der Waals surface area contributed by atoms with Crippen molar-refractivity contribution in [2.45, 2.75) is 31.6 Å². The molecule has 0 saturated heterocycles. The zero-order valence-corrected chi connectivity index (χ0v) is 19.3. The first-order chi connectivity index (χ1) is 16.7. The van der Waals surface area contributed by atoms with Gasteiger partial charge in [0.2, 0.25) is 5.91 Å². The molecule has 2 aromatic rings. The van der Waals surface area contributed by atoms with Crippen molar-refractivity contribution in [3.63, 3.8) is 0 Å². The number of hydrogen-bond donors (Lipinski definition) is 3. The number of carbonyl (C=O) groups is 3. The Kier molecular flexibility index (Phi) is 10.4. The van der Waals surface area contributed by atoms with Crippen LogP contribution in [-0.4, -0.2) is 60.9 Å². The van der Waals surface area contributed by atoms with Crippen molar-refractivity contribution in [2.75, 3.05) is 20.8 Å². The van der Waals surface area contributed by atoms with Gasteiger partial charge in [-0.15, -0.1) is 0 Å². The van der Waals surface area contributed by atoms with Crippen molar-refractivity contribution >= 4 is 23.7 Å². The largest absolute Gasteiger partial charge is 0.490 e. The van der Waals surface area contributed by atoms with Gasteiger partial charge in [0, 0.05) is 19.0 Å². The van der Waals surface area contributed by atoms with Gasteiger partial charge in [0.15, 0.2) is 5.75 Å². The van der Waals surface area contributed by atoms with Gasteiger partial charge in [0.25, 0.3) is 0 Å². The fourth-order valence-electron chi connectivity index (χ4n) is 3.09. The summed E-state index contributed by atoms with van der Waals surface area (Å²) in [5.74, 6) is -1.40. The topological polar surface area (TPSA) is 166 Å². The van der Waals surface area contributed by atoms with Crippen LogP contribution in [0, 0.1) is 10.1 Å². The minimum atomic E-state index is -1.25. The first-order valence-electron chi connectivity index (χ1n) is 10.5. The number of benzene rings is 2. The van der Waals surface area contributed by atoms with Crippen LogP contribution in [0.25, 0.3) is 0 Å². The fraction of sp³-hybridized carbons (Fsp3) is 0.348. The third kappa shape index (κ3) is 8.93. The van der Waals surface area contributed by atoms with Crippen molar-refractivity contribution in [1.29, 1.82) is 0 Å². The highest BCUT2D eigenvalue weighted by Crippen LogP contribution is 2.28. The molecule has 0 radical (unpaired) electrons. The minimum Gasteiger partial charge on any atom is -0.490 e. The van der Waals surface area contributed by atoms with Gasteiger partial charge in [0.1, 0.15) is 12.6 Å². The van der Waals surface area contributed by atoms with Crippen molar-refractivity contribution in [1.82, 2.24) is 10.6 Å². The molecule has 0 aromatic heterocycles. The molecule has 0 aliphatic heterocycles. The predicted octanol–water partition coefficient (Wildman–Crippen LogP) is 1.48. The molecule has 188 valence electrons. The smallest absolute Gasteiger partial charge is 0.407 e. The first-order valence-corrected chi connectivity index (χ1v) is 10.5. The number of carbonyl (C=O) groups excluding carboxylic acids is 3. The second-order valence-electron chi connectivity index (χ2n) is 7.41. The van der Waals surface area contributed by atoms with Gasteiger partial charge >= 0.3 is 17.7 Å². The molecule has 3 N–H and O–H groups in total. The van der Waals surface area contributed by atoms with E-state index in [-0.39, 0.29) is 31.0 Å². The van der Waals surface area contributed by atoms with E-state index in [9.17, 15) is 29.6 Å². The molecule has 0 bridgehead atoms. The monoisotopic (exact) mass is 489 g/mol. The maximum atomic E-state index is 12.4. The molecule has 0 heterocycles. The van der Waals surface area contributed by atoms with E-state index >= 15 is 0 Å². The van der Waals surface area contributed by atoms with E-state index in [4.69, 9.17) is 14.2 Å². The Balaban J connectivity index is 1.88. The van der Waals surface area contributed by atoms with Crippen LogP contribution in [0.4, 0.5) is 10.5 Å². The number of aliphatic hydroxyl groups excluding tert-OH is 1. The molecule has 2 rings (SSSR count). The van der Waals surface area contributed by atoms with Gasteiger partial charge in [-0.1, -0.05) is 36.4 Å². The van der Waals surface area contributed by atoms with Crippen molar-refractivity contribution in [3.8, 4) is 5.75 Å². The Hall–Kier alpha value is -4.19. The molecule has 2 aromatic carbocycles. The van der Waals surface area contributed by atoms with Gasteiger partial charge in [-0.3, -0.25) is 14.9 Å². The number of methoxy groups -OCH3 is 2. The Bertz CT molecular complexity index is 1030. The zero-order valence-electron chi connectivity index (χ0n) is 19.3. The van der Waals surface area contributed by atoms with Crippen molar-refractivity contribution in [3.05, 3.63) is 69.8 Å². The van der Waals surface area contributed by atoms with Gasteiger partial charge in [-0.25, -0.2) is 9.59 Å². The summed E-state index contributed by atoms with van der Waals surface area (Å²) in [7, 11) is 2.43. The number of rotatable bonds is 12. The van der Waals surface area contributed by atoms with E-state index in [1.54, 1.807) is 24.3 Å². The number of nitrogens with one attached hydrogen (secondary N) is 2. The molecule has 35 heavy (non-hydrogen) atoms. The molecule has 2 amide bonds. The first kappa shape index (κ1) is 27.1. The number of nitrogens with zero attached hydrogens (tertiary/aromatic N) is 1. The van der Waals surface area contributed by atoms with Crippen molar-refractivity contribution in [2.24, 2.45) is 0 Å². The third-order valence-corrected chi connectivity index (χ3v) is 4.82. The molecule has 0 aliphatic carbocycles. The van der Waals surface area contributed by atoms with Crippen LogP contribution in [0.15, 0.2) is 48.5 Å². The summed E-state index contributed by atoms with van der Waals surface area (Å²) in [6.07, 6.45) is -2.53. The maximum absolute atomic E-state index is 12.4. The number of nitro groups is 1. The number of amides is 2. The molecule has 0 unspecified atom stereocenters. The quantitative estimate of drug-likeness (QED) is 0.227. The van der Waals surface area contributed by atoms with E-state index in [1.165, 1.54) is 25.3 Å². The Morgan fingerprint density at radius 2 is 1.80 bits per heavy atom. The van der Waals surface area contributed by atoms with Gasteiger partial charge in [-0.2, -0.15) is 0 Å². The molecule has 2 atom stereocenters. The molecule has 0 aliphatic rings. The molecule has 12 nitrogen and oxygen atoms in total. The van der Waals surface area contributed by atoms with Crippen LogP contribution < -0.4 is 15.4 Å². The van der Waals surface area contributed by atoms with Gasteiger partial charge in [-0.05, 0) is 17.2 Å². The number of alkyl carbamates (subject to hydrolysis) is 1. The van der Waals surface area contributed by atoms with E-state index in [1.807, 2.05) is 6.07 Å². The highest BCUT2D eigenvalue weighted by atomic mass is 16.6. The highest BCUT2D eigenvalue weighted by molar-refractivity contribution is 5.85. The lowest BCUT2D eigenvalue weighted by atomic mass is 10.0. The molecular weight excluding hydrogens is 462 g/mol. The van der Waals surface area contributed by atoms with Crippen LogP contribution in [-0.2, 0) is 32.1 Å². The Morgan fingerprint density at radius 1 is 1.09 bits per heavy atom. The number of esters is 1. The predicted molar refractivity (Wildman–Crippen MR) is 123 cm³/mol. The third-order valence-electron chi connectivity index (χ3n) is 4.82. The maximum Gasteiger partial charge on any atom is 0.407 e. The van der Waals surface area contributed by atoms with Crippen molar-refractivity contribution < 1.29 is 38.6 Å². The van der Waals surface area contributed by atoms with E-state index in [0.29, 0.717) is 5.56 Å². The lowest BCUT2D eigenvalue weighted by Gasteiger charge is -2.18. The van der Waals surface area contributed by atoms with Gasteiger partial charge in [0.05, 0.1) is 31.7 Å². The summed E-state index contributed by atoms with van der Waals surface area (Å²) in [6, 6.07) is 12.0. The fourth-order valence-corrected chi connectivity index (χ4v) is 3.09. The molecule has 0 spiro atoms. The van der Waals surface area contributed by atoms with Crippen LogP contribution in [0.1, 0.15) is 17.5 Å². The summed E-state index contributed by atoms with van der Waals surface area (Å²) in [4.78, 5) is 46.9. The van der Waals surface area contributed by atoms with Crippen LogP contribution >= 0.6 is 0 Å². The molecule has 0 fully saturated rings. The normalized spacial score (nSPS) is 12.1. The van der Waals surface area contributed by atoms with Crippen LogP contribution in [0.2, 0.25) is 0 Å². The summed E-state index contributed by atoms with van der Waals surface area (Å²) in [6.45, 7) is -0.206. The molecule has 0 saturated carbocycles. The summed E-state index contributed by atoms with van der Waals surface area (Å²) in [5.41, 5.74) is 0.885. The Labute approximate surface area is 201 Å². The Morgan fingerprint density at radius 3 is 2.43 bits per heavy atom. The number of ether oxygens (including phenoxy) is 3. The van der Waals surface area contributed by atoms with Crippen LogP contribution in [0.3, 0.4) is 0 Å². The lowest BCUT2D eigenvalue weighted by molar-refractivity contribution is -0.385. The van der Waals surface area contributed by atoms with E-state index < -0.39 is 41.5 Å². The average molecular weight is 489 g/mol. The highest BCUT2D eigenvalue weighted by Gasteiger charge is 2.25. The summed E-state index contributed by atoms with van der Waals surface area (Å²) in [5, 5.41) is 26.1. The standard InChI is InChI=1S/C23H27N3O9/c1-33-20-9-8-16(11-19(20)26(31)32)10-18(22(29)34-2)25-21(28)12-17(27)13-24-23(30)35-14-15-6-4-3-5-7-15/h3-9,11,17-18,27H,10,12-14H2,1-2H3,(H,24,30)(H,25,28)/t17-,18-/m1/s1. The van der Waals surface area contributed by atoms with Crippen LogP contribution in [0.5, 0.6) is 5.75 Å². The molecular formula is C23H27N3O9. The SMILES string of the molecule is COC(=O)[C@@H](Cc1ccc(OC)c([N+](=O)[O-])c1)NC(=O)C[C@@H](O)CNC(=O)OCc1ccccc1. The lowest BCUT2D eigenvalue weighted by Crippen LogP contribution is -2.45. The molecule has 12 heteroatoms. The average Bonchev–Trinajstić information content (AvgIpc) is 2.85. The zero-order chi connectivity index (χ0) is 25.8. The number of hydrogen-bond acceptors (Lipinski definition) is 9. The second kappa shape index (κ2) is 13.5. The minimum absolute atomic E-state index is 0.0492. The number of nitro benzene ring substituents is 1. The van der Waals surface area contributed by atoms with E-state index in [2.05, 4.69) is 10.6 Å².